The van der Waals surface area contributed by atoms with Crippen LogP contribution in [-0.4, -0.2) is 12.5 Å². The van der Waals surface area contributed by atoms with E-state index in [0.717, 1.165) is 5.39 Å². The monoisotopic (exact) mass is 313 g/mol. The Balaban J connectivity index is 1.61. The molecule has 1 amide bonds. The van der Waals surface area contributed by atoms with Gasteiger partial charge in [-0.2, -0.15) is 0 Å². The largest absolute Gasteiger partial charge is 0.484 e. The summed E-state index contributed by atoms with van der Waals surface area (Å²) < 4.78 is 15.7. The molecule has 3 aromatic rings. The number of ether oxygens (including phenoxy) is 1. The molecule has 0 aliphatic rings. The van der Waals surface area contributed by atoms with Gasteiger partial charge in [-0.25, -0.2) is 4.79 Å². The van der Waals surface area contributed by atoms with E-state index in [9.17, 15) is 9.59 Å². The van der Waals surface area contributed by atoms with E-state index >= 15 is 0 Å². The van der Waals surface area contributed by atoms with E-state index in [1.54, 1.807) is 42.7 Å². The number of rotatable bonds is 5. The van der Waals surface area contributed by atoms with Crippen molar-refractivity contribution in [2.24, 2.45) is 0 Å². The van der Waals surface area contributed by atoms with Gasteiger partial charge in [-0.3, -0.25) is 4.79 Å². The fraction of sp³-hybridized carbons (Fsp3) is 0.176. The Morgan fingerprint density at radius 2 is 2.09 bits per heavy atom. The molecule has 6 heteroatoms. The first-order valence-electron chi connectivity index (χ1n) is 7.11. The van der Waals surface area contributed by atoms with Gasteiger partial charge in [0, 0.05) is 17.5 Å². The molecule has 0 radical (unpaired) electrons. The van der Waals surface area contributed by atoms with Gasteiger partial charge in [0.25, 0.3) is 5.91 Å². The summed E-state index contributed by atoms with van der Waals surface area (Å²) in [5.41, 5.74) is -0.0148. The quantitative estimate of drug-likeness (QED) is 0.732. The Morgan fingerprint density at radius 3 is 2.87 bits per heavy atom. The Labute approximate surface area is 131 Å². The Hall–Kier alpha value is -3.02. The number of nitrogens with one attached hydrogen (secondary N) is 1. The van der Waals surface area contributed by atoms with Gasteiger partial charge in [-0.05, 0) is 37.3 Å². The Morgan fingerprint density at radius 1 is 1.26 bits per heavy atom. The Kier molecular flexibility index (Phi) is 4.14. The standard InChI is InChI=1S/C17H15NO5/c1-11(14-3-2-8-21-14)18-16(19)10-22-13-6-4-12-5-7-17(20)23-15(12)9-13/h2-9,11H,10H2,1H3,(H,18,19)/t11-/m1/s1. The first kappa shape index (κ1) is 14.9. The van der Waals surface area contributed by atoms with E-state index in [1.165, 1.54) is 6.07 Å². The second-order valence-corrected chi connectivity index (χ2v) is 5.05. The zero-order valence-electron chi connectivity index (χ0n) is 12.4. The number of benzene rings is 1. The molecule has 0 fully saturated rings. The van der Waals surface area contributed by atoms with Crippen molar-refractivity contribution in [2.45, 2.75) is 13.0 Å². The van der Waals surface area contributed by atoms with E-state index < -0.39 is 5.63 Å². The number of furan rings is 1. The van der Waals surface area contributed by atoms with Gasteiger partial charge in [-0.15, -0.1) is 0 Å². The molecule has 0 unspecified atom stereocenters. The molecule has 2 heterocycles. The van der Waals surface area contributed by atoms with Crippen LogP contribution in [0.5, 0.6) is 5.75 Å². The first-order chi connectivity index (χ1) is 11.1. The second-order valence-electron chi connectivity index (χ2n) is 5.05. The molecule has 1 atom stereocenters. The summed E-state index contributed by atoms with van der Waals surface area (Å²) in [5, 5.41) is 3.55. The molecule has 0 aliphatic heterocycles. The van der Waals surface area contributed by atoms with Gasteiger partial charge in [0.2, 0.25) is 0 Å². The lowest BCUT2D eigenvalue weighted by atomic mass is 10.2. The van der Waals surface area contributed by atoms with Crippen LogP contribution in [0.1, 0.15) is 18.7 Å². The summed E-state index contributed by atoms with van der Waals surface area (Å²) in [7, 11) is 0. The summed E-state index contributed by atoms with van der Waals surface area (Å²) in [6.07, 6.45) is 1.55. The number of carbonyl (C=O) groups excluding carboxylic acids is 1. The maximum atomic E-state index is 11.9. The third-order valence-corrected chi connectivity index (χ3v) is 3.31. The highest BCUT2D eigenvalue weighted by atomic mass is 16.5. The molecular weight excluding hydrogens is 298 g/mol. The van der Waals surface area contributed by atoms with Crippen molar-refractivity contribution in [3.8, 4) is 5.75 Å². The van der Waals surface area contributed by atoms with E-state index in [2.05, 4.69) is 5.32 Å². The molecule has 0 saturated carbocycles. The smallest absolute Gasteiger partial charge is 0.336 e. The summed E-state index contributed by atoms with van der Waals surface area (Å²) >= 11 is 0. The highest BCUT2D eigenvalue weighted by molar-refractivity contribution is 5.79. The summed E-state index contributed by atoms with van der Waals surface area (Å²) in [4.78, 5) is 23.1. The highest BCUT2D eigenvalue weighted by Crippen LogP contribution is 2.19. The van der Waals surface area contributed by atoms with Crippen LogP contribution in [0.15, 0.2) is 62.4 Å². The van der Waals surface area contributed by atoms with E-state index in [4.69, 9.17) is 13.6 Å². The minimum Gasteiger partial charge on any atom is -0.484 e. The van der Waals surface area contributed by atoms with E-state index in [1.807, 2.05) is 6.92 Å². The Bertz CT molecular complexity index is 866. The predicted octanol–water partition coefficient (Wildman–Crippen LogP) is 2.64. The van der Waals surface area contributed by atoms with Crippen molar-refractivity contribution >= 4 is 16.9 Å². The maximum absolute atomic E-state index is 11.9. The molecule has 6 nitrogen and oxygen atoms in total. The third-order valence-electron chi connectivity index (χ3n) is 3.31. The molecular formula is C17H15NO5. The van der Waals surface area contributed by atoms with Crippen molar-refractivity contribution in [2.75, 3.05) is 6.61 Å². The minimum absolute atomic E-state index is 0.145. The fourth-order valence-corrected chi connectivity index (χ4v) is 2.17. The normalized spacial score (nSPS) is 12.0. The predicted molar refractivity (Wildman–Crippen MR) is 83.2 cm³/mol. The zero-order chi connectivity index (χ0) is 16.2. The van der Waals surface area contributed by atoms with Crippen molar-refractivity contribution in [3.63, 3.8) is 0 Å². The lowest BCUT2D eigenvalue weighted by molar-refractivity contribution is -0.123. The third kappa shape index (κ3) is 3.60. The molecule has 118 valence electrons. The highest BCUT2D eigenvalue weighted by Gasteiger charge is 2.12. The van der Waals surface area contributed by atoms with Gasteiger partial charge >= 0.3 is 5.63 Å². The molecule has 3 rings (SSSR count). The molecule has 2 aromatic heterocycles. The van der Waals surface area contributed by atoms with Gasteiger partial charge in [0.1, 0.15) is 17.1 Å². The number of carbonyl (C=O) groups is 1. The summed E-state index contributed by atoms with van der Waals surface area (Å²) in [6.45, 7) is 1.68. The van der Waals surface area contributed by atoms with Gasteiger partial charge in [0.05, 0.1) is 12.3 Å². The van der Waals surface area contributed by atoms with Crippen molar-refractivity contribution < 1.29 is 18.4 Å². The molecule has 1 N–H and O–H groups in total. The fourth-order valence-electron chi connectivity index (χ4n) is 2.17. The van der Waals surface area contributed by atoms with Crippen LogP contribution in [0, 0.1) is 0 Å². The zero-order valence-corrected chi connectivity index (χ0v) is 12.4. The van der Waals surface area contributed by atoms with Gasteiger partial charge in [0.15, 0.2) is 6.61 Å². The van der Waals surface area contributed by atoms with Gasteiger partial charge in [-0.1, -0.05) is 0 Å². The topological polar surface area (TPSA) is 81.7 Å². The van der Waals surface area contributed by atoms with Crippen molar-refractivity contribution in [3.05, 3.63) is 64.9 Å². The van der Waals surface area contributed by atoms with Crippen LogP contribution in [0.4, 0.5) is 0 Å². The van der Waals surface area contributed by atoms with E-state index in [-0.39, 0.29) is 18.6 Å². The average Bonchev–Trinajstić information content (AvgIpc) is 3.07. The molecule has 0 saturated heterocycles. The molecule has 0 bridgehead atoms. The van der Waals surface area contributed by atoms with Crippen LogP contribution in [0.25, 0.3) is 11.0 Å². The summed E-state index contributed by atoms with van der Waals surface area (Å²) in [5.74, 6) is 0.849. The lowest BCUT2D eigenvalue weighted by Crippen LogP contribution is -2.31. The van der Waals surface area contributed by atoms with Crippen molar-refractivity contribution in [1.82, 2.24) is 5.32 Å². The van der Waals surface area contributed by atoms with E-state index in [0.29, 0.717) is 17.1 Å². The van der Waals surface area contributed by atoms with Crippen LogP contribution in [0.2, 0.25) is 0 Å². The van der Waals surface area contributed by atoms with Crippen LogP contribution in [0.3, 0.4) is 0 Å². The molecule has 1 aromatic carbocycles. The number of fused-ring (bicyclic) bond motifs is 1. The van der Waals surface area contributed by atoms with Crippen molar-refractivity contribution in [1.29, 1.82) is 0 Å². The number of hydrogen-bond donors (Lipinski definition) is 1. The maximum Gasteiger partial charge on any atom is 0.336 e. The number of amides is 1. The second kappa shape index (κ2) is 6.39. The minimum atomic E-state index is -0.431. The average molecular weight is 313 g/mol. The SMILES string of the molecule is C[C@@H](NC(=O)COc1ccc2ccc(=O)oc2c1)c1ccco1. The molecule has 0 spiro atoms. The number of hydrogen-bond acceptors (Lipinski definition) is 5. The first-order valence-corrected chi connectivity index (χ1v) is 7.11. The molecule has 0 aliphatic carbocycles. The van der Waals surface area contributed by atoms with Crippen LogP contribution in [-0.2, 0) is 4.79 Å². The van der Waals surface area contributed by atoms with Gasteiger partial charge < -0.3 is 18.9 Å². The van der Waals surface area contributed by atoms with Crippen LogP contribution >= 0.6 is 0 Å². The van der Waals surface area contributed by atoms with Crippen LogP contribution < -0.4 is 15.7 Å². The lowest BCUT2D eigenvalue weighted by Gasteiger charge is -2.12. The molecule has 23 heavy (non-hydrogen) atoms. The summed E-state index contributed by atoms with van der Waals surface area (Å²) in [6, 6.07) is 11.4.